The molecule has 180 valence electrons. The third-order valence-corrected chi connectivity index (χ3v) is 6.77. The molecule has 5 rings (SSSR count). The topological polar surface area (TPSA) is 98.8 Å². The number of cyclic esters (lactones) is 1. The summed E-state index contributed by atoms with van der Waals surface area (Å²) in [6.07, 6.45) is 0. The van der Waals surface area contributed by atoms with E-state index in [2.05, 4.69) is 0 Å². The largest absolute Gasteiger partial charge is 0.493 e. The van der Waals surface area contributed by atoms with E-state index in [-0.39, 0.29) is 31.9 Å². The molecule has 1 saturated heterocycles. The zero-order chi connectivity index (χ0) is 24.0. The minimum absolute atomic E-state index is 0.0893. The molecule has 9 heteroatoms. The summed E-state index contributed by atoms with van der Waals surface area (Å²) in [7, 11) is 4.61. The molecular weight excluding hydrogens is 444 g/mol. The van der Waals surface area contributed by atoms with E-state index in [1.807, 2.05) is 24.3 Å². The molecule has 1 aliphatic carbocycles. The normalized spacial score (nSPS) is 24.1. The lowest BCUT2D eigenvalue weighted by Crippen LogP contribution is -2.38. The molecule has 2 aromatic rings. The Morgan fingerprint density at radius 3 is 2.18 bits per heavy atom. The van der Waals surface area contributed by atoms with Gasteiger partial charge in [-0.3, -0.25) is 9.59 Å². The molecular formula is C25H26O9. The van der Waals surface area contributed by atoms with Gasteiger partial charge in [-0.25, -0.2) is 0 Å². The van der Waals surface area contributed by atoms with Gasteiger partial charge in [0.15, 0.2) is 23.0 Å². The van der Waals surface area contributed by atoms with Crippen molar-refractivity contribution in [2.75, 3.05) is 41.3 Å². The molecule has 0 N–H and O–H groups in total. The molecule has 1 fully saturated rings. The second kappa shape index (κ2) is 8.62. The molecule has 2 heterocycles. The van der Waals surface area contributed by atoms with Crippen molar-refractivity contribution >= 4 is 11.9 Å². The van der Waals surface area contributed by atoms with Crippen molar-refractivity contribution in [2.24, 2.45) is 11.8 Å². The van der Waals surface area contributed by atoms with Crippen molar-refractivity contribution in [3.63, 3.8) is 0 Å². The average Bonchev–Trinajstić information content (AvgIpc) is 3.46. The predicted octanol–water partition coefficient (Wildman–Crippen LogP) is 3.02. The second-order valence-corrected chi connectivity index (χ2v) is 8.32. The number of esters is 2. The van der Waals surface area contributed by atoms with E-state index in [4.69, 9.17) is 33.2 Å². The number of fused-ring (bicyclic) bond motifs is 3. The van der Waals surface area contributed by atoms with E-state index < -0.39 is 23.7 Å². The monoisotopic (exact) mass is 470 g/mol. The Morgan fingerprint density at radius 2 is 1.59 bits per heavy atom. The molecule has 4 unspecified atom stereocenters. The average molecular weight is 470 g/mol. The fourth-order valence-corrected chi connectivity index (χ4v) is 5.38. The number of benzene rings is 2. The molecule has 0 aromatic heterocycles. The van der Waals surface area contributed by atoms with Gasteiger partial charge in [-0.2, -0.15) is 0 Å². The van der Waals surface area contributed by atoms with E-state index in [0.717, 1.165) is 16.7 Å². The summed E-state index contributed by atoms with van der Waals surface area (Å²) >= 11 is 0. The van der Waals surface area contributed by atoms with Crippen molar-refractivity contribution in [1.29, 1.82) is 0 Å². The van der Waals surface area contributed by atoms with E-state index in [1.54, 1.807) is 6.92 Å². The standard InChI is InChI=1S/C25H26O9/c1-5-31-24(26)21-14-9-17-16(33-11-34-17)8-13(14)20(22-15(21)10-32-25(22)27)12-6-18(28-2)23(30-4)19(7-12)29-3/h6-9,15,20-22H,5,10-11H2,1-4H3. The molecule has 3 aliphatic rings. The first-order valence-corrected chi connectivity index (χ1v) is 11.1. The minimum atomic E-state index is -0.667. The molecule has 34 heavy (non-hydrogen) atoms. The van der Waals surface area contributed by atoms with Gasteiger partial charge >= 0.3 is 11.9 Å². The number of carbonyl (C=O) groups excluding carboxylic acids is 2. The highest BCUT2D eigenvalue weighted by Crippen LogP contribution is 2.56. The third kappa shape index (κ3) is 3.29. The van der Waals surface area contributed by atoms with Crippen molar-refractivity contribution in [3.05, 3.63) is 41.0 Å². The van der Waals surface area contributed by atoms with Gasteiger partial charge in [0.05, 0.1) is 46.4 Å². The fraction of sp³-hybridized carbons (Fsp3) is 0.440. The maximum atomic E-state index is 13.1. The second-order valence-electron chi connectivity index (χ2n) is 8.32. The summed E-state index contributed by atoms with van der Waals surface area (Å²) in [6.45, 7) is 2.21. The maximum absolute atomic E-state index is 13.1. The van der Waals surface area contributed by atoms with Gasteiger partial charge in [0.2, 0.25) is 12.5 Å². The molecule has 2 aliphatic heterocycles. The number of rotatable bonds is 6. The summed E-state index contributed by atoms with van der Waals surface area (Å²) in [5.41, 5.74) is 2.28. The number of hydrogen-bond donors (Lipinski definition) is 0. The lowest BCUT2D eigenvalue weighted by atomic mass is 9.63. The molecule has 0 amide bonds. The van der Waals surface area contributed by atoms with Crippen LogP contribution in [-0.2, 0) is 19.1 Å². The first-order valence-electron chi connectivity index (χ1n) is 11.1. The molecule has 0 saturated carbocycles. The zero-order valence-electron chi connectivity index (χ0n) is 19.4. The summed E-state index contributed by atoms with van der Waals surface area (Å²) in [5, 5.41) is 0. The van der Waals surface area contributed by atoms with Gasteiger partial charge in [0, 0.05) is 11.8 Å². The smallest absolute Gasteiger partial charge is 0.313 e. The highest BCUT2D eigenvalue weighted by molar-refractivity contribution is 5.86. The van der Waals surface area contributed by atoms with E-state index in [1.165, 1.54) is 21.3 Å². The third-order valence-electron chi connectivity index (χ3n) is 6.77. The van der Waals surface area contributed by atoms with E-state index >= 15 is 0 Å². The van der Waals surface area contributed by atoms with Crippen LogP contribution in [0.1, 0.15) is 35.4 Å². The highest BCUT2D eigenvalue weighted by atomic mass is 16.7. The molecule has 9 nitrogen and oxygen atoms in total. The van der Waals surface area contributed by atoms with Crippen LogP contribution in [0, 0.1) is 11.8 Å². The summed E-state index contributed by atoms with van der Waals surface area (Å²) in [5.74, 6) is -0.365. The van der Waals surface area contributed by atoms with Gasteiger partial charge in [-0.05, 0) is 47.9 Å². The summed E-state index contributed by atoms with van der Waals surface area (Å²) in [6, 6.07) is 7.32. The number of ether oxygens (including phenoxy) is 7. The predicted molar refractivity (Wildman–Crippen MR) is 118 cm³/mol. The zero-order valence-corrected chi connectivity index (χ0v) is 19.4. The van der Waals surface area contributed by atoms with Crippen molar-refractivity contribution in [1.82, 2.24) is 0 Å². The first-order chi connectivity index (χ1) is 16.5. The van der Waals surface area contributed by atoms with Crippen LogP contribution in [0.15, 0.2) is 24.3 Å². The van der Waals surface area contributed by atoms with Gasteiger partial charge in [-0.1, -0.05) is 0 Å². The Labute approximate surface area is 196 Å². The van der Waals surface area contributed by atoms with Crippen LogP contribution >= 0.6 is 0 Å². The Hall–Kier alpha value is -3.62. The van der Waals surface area contributed by atoms with E-state index in [0.29, 0.717) is 28.7 Å². The maximum Gasteiger partial charge on any atom is 0.313 e. The quantitative estimate of drug-likeness (QED) is 0.590. The van der Waals surface area contributed by atoms with Crippen LogP contribution in [0.2, 0.25) is 0 Å². The fourth-order valence-electron chi connectivity index (χ4n) is 5.38. The molecule has 0 bridgehead atoms. The Kier molecular flexibility index (Phi) is 5.63. The number of hydrogen-bond acceptors (Lipinski definition) is 9. The van der Waals surface area contributed by atoms with Gasteiger partial charge in [0.25, 0.3) is 0 Å². The summed E-state index contributed by atoms with van der Waals surface area (Å²) in [4.78, 5) is 26.2. The minimum Gasteiger partial charge on any atom is -0.493 e. The Balaban J connectivity index is 1.75. The Morgan fingerprint density at radius 1 is 0.941 bits per heavy atom. The van der Waals surface area contributed by atoms with Crippen LogP contribution in [0.5, 0.6) is 28.7 Å². The lowest BCUT2D eigenvalue weighted by molar-refractivity contribution is -0.147. The highest BCUT2D eigenvalue weighted by Gasteiger charge is 2.55. The van der Waals surface area contributed by atoms with Crippen LogP contribution in [0.3, 0.4) is 0 Å². The van der Waals surface area contributed by atoms with Gasteiger partial charge in [-0.15, -0.1) is 0 Å². The van der Waals surface area contributed by atoms with Crippen molar-refractivity contribution in [2.45, 2.75) is 18.8 Å². The first kappa shape index (κ1) is 22.2. The number of carbonyl (C=O) groups is 2. The number of methoxy groups -OCH3 is 3. The van der Waals surface area contributed by atoms with Gasteiger partial charge < -0.3 is 33.2 Å². The molecule has 4 atom stereocenters. The Bertz CT molecular complexity index is 1120. The van der Waals surface area contributed by atoms with E-state index in [9.17, 15) is 9.59 Å². The van der Waals surface area contributed by atoms with Crippen LogP contribution < -0.4 is 23.7 Å². The van der Waals surface area contributed by atoms with Gasteiger partial charge in [0.1, 0.15) is 0 Å². The molecule has 0 spiro atoms. The van der Waals surface area contributed by atoms with Crippen LogP contribution in [-0.4, -0.2) is 53.3 Å². The lowest BCUT2D eigenvalue weighted by Gasteiger charge is -2.38. The molecule has 0 radical (unpaired) electrons. The van der Waals surface area contributed by atoms with Crippen LogP contribution in [0.4, 0.5) is 0 Å². The van der Waals surface area contributed by atoms with Crippen LogP contribution in [0.25, 0.3) is 0 Å². The molecule has 2 aromatic carbocycles. The summed E-state index contributed by atoms with van der Waals surface area (Å²) < 4.78 is 38.7. The SMILES string of the molecule is CCOC(=O)C1c2cc3c(cc2C(c2cc(OC)c(OC)c(OC)c2)C2C(=O)OCC12)OCO3. The van der Waals surface area contributed by atoms with Crippen molar-refractivity contribution in [3.8, 4) is 28.7 Å². The van der Waals surface area contributed by atoms with Crippen molar-refractivity contribution < 1.29 is 42.7 Å².